The lowest BCUT2D eigenvalue weighted by molar-refractivity contribution is 0.464. The summed E-state index contributed by atoms with van der Waals surface area (Å²) in [6.45, 7) is 14.2. The Labute approximate surface area is 108 Å². The minimum atomic E-state index is -1.78. The van der Waals surface area contributed by atoms with Crippen LogP contribution < -0.4 is 0 Å². The van der Waals surface area contributed by atoms with Gasteiger partial charge in [0, 0.05) is 0 Å². The summed E-state index contributed by atoms with van der Waals surface area (Å²) in [6.07, 6.45) is 6.98. The van der Waals surface area contributed by atoms with Gasteiger partial charge in [-0.2, -0.15) is 11.1 Å². The molecule has 1 fully saturated rings. The first-order chi connectivity index (χ1) is 7.11. The van der Waals surface area contributed by atoms with Crippen molar-refractivity contribution in [2.45, 2.75) is 89.3 Å². The molecule has 2 heteroatoms. The van der Waals surface area contributed by atoms with Gasteiger partial charge in [-0.15, -0.1) is 0 Å². The van der Waals surface area contributed by atoms with Crippen molar-refractivity contribution in [1.82, 2.24) is 0 Å². The maximum Gasteiger partial charge on any atom is 0.170 e. The van der Waals surface area contributed by atoms with Crippen LogP contribution in [0.3, 0.4) is 0 Å². The van der Waals surface area contributed by atoms with Gasteiger partial charge < -0.3 is 0 Å². The average molecular weight is 261 g/mol. The first-order valence-corrected chi connectivity index (χ1v) is 9.88. The van der Waals surface area contributed by atoms with Crippen LogP contribution in [-0.2, 0) is 0 Å². The Morgan fingerprint density at radius 2 is 1.19 bits per heavy atom. The zero-order valence-corrected chi connectivity index (χ0v) is 13.7. The highest BCUT2D eigenvalue weighted by Crippen LogP contribution is 2.62. The summed E-state index contributed by atoms with van der Waals surface area (Å²) in [6, 6.07) is 0. The molecule has 0 aromatic carbocycles. The molecule has 0 aromatic rings. The Hall–Kier alpha value is 0.507. The van der Waals surface area contributed by atoms with E-state index in [-0.39, 0.29) is 0 Å². The van der Waals surface area contributed by atoms with Crippen LogP contribution in [0.5, 0.6) is 0 Å². The quantitative estimate of drug-likeness (QED) is 0.394. The van der Waals surface area contributed by atoms with Crippen LogP contribution in [0.25, 0.3) is 0 Å². The van der Waals surface area contributed by atoms with Gasteiger partial charge in [-0.25, -0.2) is 0 Å². The van der Waals surface area contributed by atoms with Gasteiger partial charge in [0.1, 0.15) is 0 Å². The third-order valence-electron chi connectivity index (χ3n) is 4.35. The summed E-state index contributed by atoms with van der Waals surface area (Å²) in [5.41, 5.74) is 0.822. The first kappa shape index (κ1) is 14.6. The van der Waals surface area contributed by atoms with E-state index in [0.29, 0.717) is 10.1 Å². The van der Waals surface area contributed by atoms with Gasteiger partial charge in [0.05, 0.1) is 0 Å². The third-order valence-corrected chi connectivity index (χ3v) is 14.7. The van der Waals surface area contributed by atoms with E-state index in [9.17, 15) is 0 Å². The fourth-order valence-corrected chi connectivity index (χ4v) is 10.4. The molecule has 0 amide bonds. The van der Waals surface area contributed by atoms with E-state index < -0.39 is 7.38 Å². The SMILES string of the molecule is CC(C)(C)[Si](Cl)(C1CCCCC1)C(C)(C)C. The normalized spacial score (nSPS) is 21.2. The number of halogens is 1. The van der Waals surface area contributed by atoms with Crippen molar-refractivity contribution in [3.63, 3.8) is 0 Å². The Kier molecular flexibility index (Phi) is 4.23. The molecule has 0 aliphatic heterocycles. The van der Waals surface area contributed by atoms with E-state index in [1.807, 2.05) is 0 Å². The van der Waals surface area contributed by atoms with Crippen LogP contribution in [0.2, 0.25) is 15.6 Å². The lowest BCUT2D eigenvalue weighted by Crippen LogP contribution is -2.51. The van der Waals surface area contributed by atoms with Crippen LogP contribution in [0.15, 0.2) is 0 Å². The zero-order valence-electron chi connectivity index (χ0n) is 12.0. The average Bonchev–Trinajstić information content (AvgIpc) is 2.14. The maximum absolute atomic E-state index is 7.31. The largest absolute Gasteiger partial charge is 0.170 e. The summed E-state index contributed by atoms with van der Waals surface area (Å²) in [5, 5.41) is 0.601. The van der Waals surface area contributed by atoms with Crippen LogP contribution >= 0.6 is 11.1 Å². The number of hydrogen-bond donors (Lipinski definition) is 0. The van der Waals surface area contributed by atoms with Gasteiger partial charge >= 0.3 is 0 Å². The Bertz CT molecular complexity index is 214. The summed E-state index contributed by atoms with van der Waals surface area (Å²) in [7, 11) is -1.78. The van der Waals surface area contributed by atoms with Gasteiger partial charge in [0.15, 0.2) is 7.38 Å². The van der Waals surface area contributed by atoms with E-state index in [2.05, 4.69) is 41.5 Å². The minimum absolute atomic E-state index is 0.300. The molecule has 0 radical (unpaired) electrons. The fourth-order valence-electron chi connectivity index (χ4n) is 3.85. The highest BCUT2D eigenvalue weighted by atomic mass is 35.6. The standard InChI is InChI=1S/C14H29ClSi/c1-13(2,3)16(15,14(4,5)6)12-10-8-7-9-11-12/h12H,7-11H2,1-6H3. The Balaban J connectivity index is 3.04. The molecule has 0 atom stereocenters. The second-order valence-corrected chi connectivity index (χ2v) is 14.6. The van der Waals surface area contributed by atoms with Gasteiger partial charge in [0.25, 0.3) is 0 Å². The predicted octanol–water partition coefficient (Wildman–Crippen LogP) is 6.11. The van der Waals surface area contributed by atoms with Crippen molar-refractivity contribution in [2.24, 2.45) is 0 Å². The fraction of sp³-hybridized carbons (Fsp3) is 1.00. The highest BCUT2D eigenvalue weighted by molar-refractivity contribution is 7.24. The Morgan fingerprint density at radius 3 is 1.50 bits per heavy atom. The molecule has 0 heterocycles. The molecule has 1 aliphatic carbocycles. The van der Waals surface area contributed by atoms with E-state index in [1.165, 1.54) is 32.1 Å². The van der Waals surface area contributed by atoms with Gasteiger partial charge in [0.2, 0.25) is 0 Å². The molecule has 1 aliphatic rings. The van der Waals surface area contributed by atoms with Crippen molar-refractivity contribution in [3.05, 3.63) is 0 Å². The van der Waals surface area contributed by atoms with Crippen LogP contribution in [0.4, 0.5) is 0 Å². The second-order valence-electron chi connectivity index (χ2n) is 7.55. The van der Waals surface area contributed by atoms with Gasteiger partial charge in [-0.1, -0.05) is 73.6 Å². The molecule has 1 rings (SSSR count). The molecule has 1 saturated carbocycles. The van der Waals surface area contributed by atoms with Gasteiger partial charge in [-0.05, 0) is 15.6 Å². The molecule has 0 spiro atoms. The Morgan fingerprint density at radius 1 is 0.812 bits per heavy atom. The third kappa shape index (κ3) is 2.50. The van der Waals surface area contributed by atoms with Crippen LogP contribution in [0, 0.1) is 0 Å². The molecular weight excluding hydrogens is 232 g/mol. The van der Waals surface area contributed by atoms with E-state index in [1.54, 1.807) is 0 Å². The van der Waals surface area contributed by atoms with E-state index in [4.69, 9.17) is 11.1 Å². The van der Waals surface area contributed by atoms with Crippen molar-refractivity contribution < 1.29 is 0 Å². The van der Waals surface area contributed by atoms with Crippen molar-refractivity contribution >= 4 is 18.5 Å². The lowest BCUT2D eigenvalue weighted by atomic mass is 10.00. The van der Waals surface area contributed by atoms with Gasteiger partial charge in [-0.3, -0.25) is 0 Å². The molecule has 0 saturated heterocycles. The summed E-state index contributed by atoms with van der Waals surface area (Å²) < 4.78 is 0. The topological polar surface area (TPSA) is 0 Å². The molecule has 0 nitrogen and oxygen atoms in total. The molecular formula is C14H29ClSi. The first-order valence-electron chi connectivity index (χ1n) is 6.79. The second kappa shape index (κ2) is 4.64. The van der Waals surface area contributed by atoms with Crippen LogP contribution in [0.1, 0.15) is 73.6 Å². The smallest absolute Gasteiger partial charge is 0.166 e. The maximum atomic E-state index is 7.31. The molecule has 0 unspecified atom stereocenters. The lowest BCUT2D eigenvalue weighted by Gasteiger charge is -2.52. The van der Waals surface area contributed by atoms with Crippen molar-refractivity contribution in [3.8, 4) is 0 Å². The minimum Gasteiger partial charge on any atom is -0.166 e. The zero-order chi connectivity index (χ0) is 12.6. The molecule has 0 aromatic heterocycles. The number of hydrogen-bond acceptors (Lipinski definition) is 0. The summed E-state index contributed by atoms with van der Waals surface area (Å²) in [4.78, 5) is 0. The summed E-state index contributed by atoms with van der Waals surface area (Å²) >= 11 is 7.31. The van der Waals surface area contributed by atoms with Crippen molar-refractivity contribution in [1.29, 1.82) is 0 Å². The summed E-state index contributed by atoms with van der Waals surface area (Å²) in [5.74, 6) is 0. The van der Waals surface area contributed by atoms with E-state index in [0.717, 1.165) is 5.54 Å². The van der Waals surface area contributed by atoms with Crippen LogP contribution in [-0.4, -0.2) is 7.38 Å². The molecule has 0 bridgehead atoms. The molecule has 16 heavy (non-hydrogen) atoms. The monoisotopic (exact) mass is 260 g/mol. The van der Waals surface area contributed by atoms with Crippen molar-refractivity contribution in [2.75, 3.05) is 0 Å². The number of rotatable bonds is 1. The molecule has 0 N–H and O–H groups in total. The highest BCUT2D eigenvalue weighted by Gasteiger charge is 2.56. The predicted molar refractivity (Wildman–Crippen MR) is 77.9 cm³/mol. The molecule has 96 valence electrons. The van der Waals surface area contributed by atoms with E-state index >= 15 is 0 Å².